The SMILES string of the molecule is O=C1CCCCC12CC=CC2. The maximum absolute atomic E-state index is 11.6. The predicted octanol–water partition coefficient (Wildman–Crippen LogP) is 2.47. The highest BCUT2D eigenvalue weighted by molar-refractivity contribution is 5.86. The topological polar surface area (TPSA) is 17.1 Å². The quantitative estimate of drug-likeness (QED) is 0.485. The lowest BCUT2D eigenvalue weighted by atomic mass is 9.71. The molecular formula is C10H14O. The van der Waals surface area contributed by atoms with E-state index in [0.29, 0.717) is 5.78 Å². The Kier molecular flexibility index (Phi) is 1.59. The summed E-state index contributed by atoms with van der Waals surface area (Å²) in [6, 6.07) is 0. The monoisotopic (exact) mass is 150 g/mol. The lowest BCUT2D eigenvalue weighted by molar-refractivity contribution is -0.130. The van der Waals surface area contributed by atoms with Crippen molar-refractivity contribution < 1.29 is 4.79 Å². The molecule has 0 N–H and O–H groups in total. The Bertz CT molecular complexity index is 195. The summed E-state index contributed by atoms with van der Waals surface area (Å²) in [5, 5.41) is 0. The predicted molar refractivity (Wildman–Crippen MR) is 44.3 cm³/mol. The van der Waals surface area contributed by atoms with Gasteiger partial charge in [0, 0.05) is 11.8 Å². The summed E-state index contributed by atoms with van der Waals surface area (Å²) in [7, 11) is 0. The average Bonchev–Trinajstić information content (AvgIpc) is 2.46. The third-order valence-electron chi connectivity index (χ3n) is 3.08. The minimum absolute atomic E-state index is 0.0816. The lowest BCUT2D eigenvalue weighted by Crippen LogP contribution is -2.31. The van der Waals surface area contributed by atoms with Gasteiger partial charge in [-0.2, -0.15) is 0 Å². The largest absolute Gasteiger partial charge is 0.299 e. The summed E-state index contributed by atoms with van der Waals surface area (Å²) in [5.74, 6) is 0.522. The molecule has 0 unspecified atom stereocenters. The molecule has 0 aromatic heterocycles. The molecule has 2 aliphatic rings. The maximum Gasteiger partial charge on any atom is 0.139 e. The van der Waals surface area contributed by atoms with Gasteiger partial charge in [0.05, 0.1) is 0 Å². The molecule has 2 rings (SSSR count). The molecular weight excluding hydrogens is 136 g/mol. The van der Waals surface area contributed by atoms with Gasteiger partial charge >= 0.3 is 0 Å². The second-order valence-corrected chi connectivity index (χ2v) is 3.79. The van der Waals surface area contributed by atoms with Crippen LogP contribution in [0, 0.1) is 5.41 Å². The maximum atomic E-state index is 11.6. The van der Waals surface area contributed by atoms with Crippen molar-refractivity contribution in [2.24, 2.45) is 5.41 Å². The van der Waals surface area contributed by atoms with E-state index in [1.807, 2.05) is 0 Å². The van der Waals surface area contributed by atoms with E-state index in [1.165, 1.54) is 6.42 Å². The number of carbonyl (C=O) groups excluding carboxylic acids is 1. The van der Waals surface area contributed by atoms with Gasteiger partial charge in [-0.3, -0.25) is 4.79 Å². The number of hydrogen-bond acceptors (Lipinski definition) is 1. The number of carbonyl (C=O) groups is 1. The van der Waals surface area contributed by atoms with Gasteiger partial charge < -0.3 is 0 Å². The summed E-state index contributed by atoms with van der Waals surface area (Å²) >= 11 is 0. The standard InChI is InChI=1S/C10H14O/c11-9-5-1-2-6-10(9)7-3-4-8-10/h3-4H,1-2,5-8H2. The number of Topliss-reactive ketones (excluding diaryl/α,β-unsaturated/α-hetero) is 1. The summed E-state index contributed by atoms with van der Waals surface area (Å²) in [6.07, 6.45) is 10.7. The molecule has 60 valence electrons. The molecule has 1 heteroatoms. The van der Waals surface area contributed by atoms with Crippen molar-refractivity contribution in [2.75, 3.05) is 0 Å². The van der Waals surface area contributed by atoms with Gasteiger partial charge in [0.1, 0.15) is 5.78 Å². The number of hydrogen-bond donors (Lipinski definition) is 0. The molecule has 11 heavy (non-hydrogen) atoms. The van der Waals surface area contributed by atoms with E-state index in [9.17, 15) is 4.79 Å². The van der Waals surface area contributed by atoms with Crippen molar-refractivity contribution in [1.29, 1.82) is 0 Å². The minimum Gasteiger partial charge on any atom is -0.299 e. The normalized spacial score (nSPS) is 28.2. The van der Waals surface area contributed by atoms with E-state index >= 15 is 0 Å². The Morgan fingerprint density at radius 2 is 1.91 bits per heavy atom. The fourth-order valence-electron chi connectivity index (χ4n) is 2.29. The van der Waals surface area contributed by atoms with Gasteiger partial charge in [0.15, 0.2) is 0 Å². The fourth-order valence-corrected chi connectivity index (χ4v) is 2.29. The third kappa shape index (κ3) is 1.03. The van der Waals surface area contributed by atoms with Crippen molar-refractivity contribution in [3.05, 3.63) is 12.2 Å². The Balaban J connectivity index is 2.15. The number of ketones is 1. The summed E-state index contributed by atoms with van der Waals surface area (Å²) in [4.78, 5) is 11.6. The molecule has 1 nitrogen and oxygen atoms in total. The summed E-state index contributed by atoms with van der Waals surface area (Å²) in [6.45, 7) is 0. The zero-order valence-corrected chi connectivity index (χ0v) is 6.81. The third-order valence-corrected chi connectivity index (χ3v) is 3.08. The molecule has 1 saturated carbocycles. The fraction of sp³-hybridized carbons (Fsp3) is 0.700. The van der Waals surface area contributed by atoms with Crippen molar-refractivity contribution >= 4 is 5.78 Å². The minimum atomic E-state index is 0.0816. The van der Waals surface area contributed by atoms with Crippen LogP contribution in [0.3, 0.4) is 0 Å². The Labute approximate surface area is 67.5 Å². The van der Waals surface area contributed by atoms with Crippen LogP contribution >= 0.6 is 0 Å². The molecule has 0 amide bonds. The van der Waals surface area contributed by atoms with E-state index in [4.69, 9.17) is 0 Å². The molecule has 0 bridgehead atoms. The van der Waals surface area contributed by atoms with Gasteiger partial charge in [-0.1, -0.05) is 18.6 Å². The highest BCUT2D eigenvalue weighted by Crippen LogP contribution is 2.43. The Morgan fingerprint density at radius 1 is 1.18 bits per heavy atom. The molecule has 2 aliphatic carbocycles. The van der Waals surface area contributed by atoms with Crippen LogP contribution in [0.25, 0.3) is 0 Å². The molecule has 0 heterocycles. The zero-order valence-electron chi connectivity index (χ0n) is 6.81. The van der Waals surface area contributed by atoms with Crippen molar-refractivity contribution in [3.63, 3.8) is 0 Å². The highest BCUT2D eigenvalue weighted by atomic mass is 16.1. The molecule has 0 saturated heterocycles. The van der Waals surface area contributed by atoms with Gasteiger partial charge in [-0.05, 0) is 25.7 Å². The van der Waals surface area contributed by atoms with Crippen molar-refractivity contribution in [3.8, 4) is 0 Å². The van der Waals surface area contributed by atoms with E-state index in [2.05, 4.69) is 12.2 Å². The number of rotatable bonds is 0. The summed E-state index contributed by atoms with van der Waals surface area (Å²) < 4.78 is 0. The summed E-state index contributed by atoms with van der Waals surface area (Å²) in [5.41, 5.74) is 0.0816. The van der Waals surface area contributed by atoms with Crippen LogP contribution < -0.4 is 0 Å². The smallest absolute Gasteiger partial charge is 0.139 e. The highest BCUT2D eigenvalue weighted by Gasteiger charge is 2.39. The first-order valence-electron chi connectivity index (χ1n) is 4.52. The molecule has 0 atom stereocenters. The van der Waals surface area contributed by atoms with Crippen LogP contribution in [0.2, 0.25) is 0 Å². The molecule has 0 aliphatic heterocycles. The Morgan fingerprint density at radius 3 is 2.55 bits per heavy atom. The first kappa shape index (κ1) is 7.08. The van der Waals surface area contributed by atoms with Gasteiger partial charge in [0.25, 0.3) is 0 Å². The average molecular weight is 150 g/mol. The van der Waals surface area contributed by atoms with Gasteiger partial charge in [0.2, 0.25) is 0 Å². The first-order chi connectivity index (χ1) is 5.33. The van der Waals surface area contributed by atoms with E-state index in [0.717, 1.165) is 32.1 Å². The Hall–Kier alpha value is -0.590. The van der Waals surface area contributed by atoms with Crippen LogP contribution in [0.4, 0.5) is 0 Å². The van der Waals surface area contributed by atoms with Crippen molar-refractivity contribution in [2.45, 2.75) is 38.5 Å². The number of allylic oxidation sites excluding steroid dienone is 2. The van der Waals surface area contributed by atoms with Crippen LogP contribution in [0.15, 0.2) is 12.2 Å². The van der Waals surface area contributed by atoms with E-state index in [1.54, 1.807) is 0 Å². The molecule has 0 aromatic carbocycles. The van der Waals surface area contributed by atoms with Crippen LogP contribution in [0.1, 0.15) is 38.5 Å². The van der Waals surface area contributed by atoms with Crippen LogP contribution in [-0.2, 0) is 4.79 Å². The second kappa shape index (κ2) is 2.47. The first-order valence-corrected chi connectivity index (χ1v) is 4.52. The van der Waals surface area contributed by atoms with E-state index < -0.39 is 0 Å². The molecule has 1 fully saturated rings. The second-order valence-electron chi connectivity index (χ2n) is 3.79. The van der Waals surface area contributed by atoms with Gasteiger partial charge in [-0.15, -0.1) is 0 Å². The van der Waals surface area contributed by atoms with Gasteiger partial charge in [-0.25, -0.2) is 0 Å². The van der Waals surface area contributed by atoms with Crippen LogP contribution in [0.5, 0.6) is 0 Å². The molecule has 0 aromatic rings. The van der Waals surface area contributed by atoms with Crippen molar-refractivity contribution in [1.82, 2.24) is 0 Å². The van der Waals surface area contributed by atoms with E-state index in [-0.39, 0.29) is 5.41 Å². The molecule has 1 spiro atoms. The van der Waals surface area contributed by atoms with Crippen LogP contribution in [-0.4, -0.2) is 5.78 Å². The zero-order chi connectivity index (χ0) is 7.73. The molecule has 0 radical (unpaired) electrons. The lowest BCUT2D eigenvalue weighted by Gasteiger charge is -2.31.